The second kappa shape index (κ2) is 8.22. The molecule has 4 nitrogen and oxygen atoms in total. The van der Waals surface area contributed by atoms with Crippen LogP contribution in [0.5, 0.6) is 0 Å². The molecule has 0 amide bonds. The first-order chi connectivity index (χ1) is 13.8. The number of nitrogens with zero attached hydrogens (tertiary/aromatic N) is 2. The quantitative estimate of drug-likeness (QED) is 0.490. The fourth-order valence-electron chi connectivity index (χ4n) is 3.42. The fourth-order valence-corrected chi connectivity index (χ4v) is 6.57. The number of halogens is 3. The Balaban J connectivity index is 1.47. The van der Waals surface area contributed by atoms with E-state index in [0.29, 0.717) is 36.0 Å². The highest BCUT2D eigenvalue weighted by Crippen LogP contribution is 2.35. The molecule has 1 aliphatic rings. The minimum Gasteiger partial charge on any atom is -0.348 e. The molecule has 1 aliphatic heterocycles. The van der Waals surface area contributed by atoms with Gasteiger partial charge in [0.2, 0.25) is 0 Å². The molecular formula is C20H17Cl2FN2O2S2. The van der Waals surface area contributed by atoms with E-state index in [-0.39, 0.29) is 4.90 Å². The summed E-state index contributed by atoms with van der Waals surface area (Å²) in [6, 6.07) is 10.5. The first kappa shape index (κ1) is 20.6. The molecule has 0 radical (unpaired) electrons. The van der Waals surface area contributed by atoms with E-state index >= 15 is 0 Å². The maximum absolute atomic E-state index is 13.4. The third-order valence-corrected chi connectivity index (χ3v) is 8.68. The van der Waals surface area contributed by atoms with Gasteiger partial charge in [-0.15, -0.1) is 11.3 Å². The maximum Gasteiger partial charge on any atom is 0.185 e. The van der Waals surface area contributed by atoms with Gasteiger partial charge in [-0.1, -0.05) is 29.3 Å². The molecule has 1 fully saturated rings. The third-order valence-electron chi connectivity index (χ3n) is 4.98. The Labute approximate surface area is 182 Å². The molecule has 3 aromatic rings. The summed E-state index contributed by atoms with van der Waals surface area (Å²) in [5.74, 6) is -0.542. The van der Waals surface area contributed by atoms with Crippen LogP contribution < -0.4 is 4.90 Å². The Kier molecular flexibility index (Phi) is 5.84. The fraction of sp³-hybridized carbons (Fsp3) is 0.250. The van der Waals surface area contributed by atoms with Crippen molar-refractivity contribution < 1.29 is 12.8 Å². The van der Waals surface area contributed by atoms with Crippen LogP contribution in [0.4, 0.5) is 9.52 Å². The number of anilines is 1. The first-order valence-corrected chi connectivity index (χ1v) is 12.2. The van der Waals surface area contributed by atoms with E-state index in [9.17, 15) is 12.8 Å². The first-order valence-electron chi connectivity index (χ1n) is 9.00. The van der Waals surface area contributed by atoms with Crippen LogP contribution in [0, 0.1) is 5.82 Å². The molecule has 2 aromatic carbocycles. The Morgan fingerprint density at radius 2 is 1.86 bits per heavy atom. The molecular weight excluding hydrogens is 454 g/mol. The molecule has 1 aromatic heterocycles. The zero-order chi connectivity index (χ0) is 20.6. The largest absolute Gasteiger partial charge is 0.348 e. The molecule has 9 heteroatoms. The molecule has 29 heavy (non-hydrogen) atoms. The summed E-state index contributed by atoms with van der Waals surface area (Å²) in [5.41, 5.74) is 1.57. The third kappa shape index (κ3) is 4.28. The van der Waals surface area contributed by atoms with Crippen molar-refractivity contribution in [2.45, 2.75) is 23.0 Å². The highest BCUT2D eigenvalue weighted by Gasteiger charge is 2.32. The van der Waals surface area contributed by atoms with Gasteiger partial charge in [0.15, 0.2) is 15.0 Å². The van der Waals surface area contributed by atoms with Gasteiger partial charge in [0.25, 0.3) is 0 Å². The number of rotatable bonds is 4. The van der Waals surface area contributed by atoms with Crippen molar-refractivity contribution >= 4 is 49.5 Å². The van der Waals surface area contributed by atoms with E-state index in [1.54, 1.807) is 12.1 Å². The number of sulfone groups is 1. The SMILES string of the molecule is O=S(=O)(c1cccc(F)c1)C1CCN(c2nc(-c3ccc(Cl)cc3Cl)cs2)CC1. The zero-order valence-corrected chi connectivity index (χ0v) is 18.3. The van der Waals surface area contributed by atoms with Crippen LogP contribution in [-0.2, 0) is 9.84 Å². The summed E-state index contributed by atoms with van der Waals surface area (Å²) >= 11 is 13.7. The smallest absolute Gasteiger partial charge is 0.185 e. The second-order valence-electron chi connectivity index (χ2n) is 6.83. The van der Waals surface area contributed by atoms with E-state index in [1.165, 1.54) is 29.5 Å². The molecule has 0 saturated carbocycles. The lowest BCUT2D eigenvalue weighted by atomic mass is 10.1. The van der Waals surface area contributed by atoms with Crippen molar-refractivity contribution in [3.8, 4) is 11.3 Å². The predicted octanol–water partition coefficient (Wildman–Crippen LogP) is 5.70. The summed E-state index contributed by atoms with van der Waals surface area (Å²) in [6.45, 7) is 1.14. The van der Waals surface area contributed by atoms with Gasteiger partial charge in [-0.2, -0.15) is 0 Å². The summed E-state index contributed by atoms with van der Waals surface area (Å²) in [7, 11) is -3.55. The standard InChI is InChI=1S/C20H17Cl2FN2O2S2/c21-13-4-5-17(18(22)10-13)19-12-28-20(24-19)25-8-6-15(7-9-25)29(26,27)16-3-1-2-14(23)11-16/h1-5,10-12,15H,6-9H2. The average Bonchev–Trinajstić information content (AvgIpc) is 3.18. The van der Waals surface area contributed by atoms with Crippen LogP contribution in [0.2, 0.25) is 10.0 Å². The number of hydrogen-bond acceptors (Lipinski definition) is 5. The van der Waals surface area contributed by atoms with Crippen LogP contribution in [0.3, 0.4) is 0 Å². The molecule has 0 bridgehead atoms. The second-order valence-corrected chi connectivity index (χ2v) is 10.7. The van der Waals surface area contributed by atoms with Crippen molar-refractivity contribution in [2.24, 2.45) is 0 Å². The lowest BCUT2D eigenvalue weighted by molar-refractivity contribution is 0.528. The lowest BCUT2D eigenvalue weighted by Gasteiger charge is -2.31. The molecule has 2 heterocycles. The van der Waals surface area contributed by atoms with Gasteiger partial charge in [0.05, 0.1) is 20.9 Å². The predicted molar refractivity (Wildman–Crippen MR) is 116 cm³/mol. The van der Waals surface area contributed by atoms with Gasteiger partial charge >= 0.3 is 0 Å². The topological polar surface area (TPSA) is 50.3 Å². The number of aromatic nitrogens is 1. The van der Waals surface area contributed by atoms with Crippen molar-refractivity contribution in [1.82, 2.24) is 4.98 Å². The monoisotopic (exact) mass is 470 g/mol. The summed E-state index contributed by atoms with van der Waals surface area (Å²) in [4.78, 5) is 6.79. The molecule has 0 unspecified atom stereocenters. The van der Waals surface area contributed by atoms with Crippen LogP contribution in [-0.4, -0.2) is 31.7 Å². The van der Waals surface area contributed by atoms with Crippen LogP contribution in [0.1, 0.15) is 12.8 Å². The van der Waals surface area contributed by atoms with Crippen LogP contribution in [0.15, 0.2) is 52.7 Å². The van der Waals surface area contributed by atoms with Crippen molar-refractivity contribution in [3.05, 3.63) is 63.7 Å². The maximum atomic E-state index is 13.4. The minimum absolute atomic E-state index is 0.0462. The van der Waals surface area contributed by atoms with E-state index < -0.39 is 20.9 Å². The average molecular weight is 471 g/mol. The highest BCUT2D eigenvalue weighted by molar-refractivity contribution is 7.92. The van der Waals surface area contributed by atoms with Crippen LogP contribution in [0.25, 0.3) is 11.3 Å². The summed E-state index contributed by atoms with van der Waals surface area (Å²) in [6.07, 6.45) is 0.935. The number of piperidine rings is 1. The molecule has 0 N–H and O–H groups in total. The van der Waals surface area contributed by atoms with Gasteiger partial charge in [-0.25, -0.2) is 17.8 Å². The Bertz CT molecular complexity index is 1140. The van der Waals surface area contributed by atoms with Gasteiger partial charge in [0, 0.05) is 29.1 Å². The molecule has 0 atom stereocenters. The Morgan fingerprint density at radius 3 is 2.55 bits per heavy atom. The number of thiazole rings is 1. The van der Waals surface area contributed by atoms with E-state index in [4.69, 9.17) is 23.2 Å². The van der Waals surface area contributed by atoms with Crippen molar-refractivity contribution in [1.29, 1.82) is 0 Å². The normalized spacial score (nSPS) is 15.6. The van der Waals surface area contributed by atoms with E-state index in [1.807, 2.05) is 11.4 Å². The van der Waals surface area contributed by atoms with E-state index in [2.05, 4.69) is 9.88 Å². The summed E-state index contributed by atoms with van der Waals surface area (Å²) < 4.78 is 39.1. The lowest BCUT2D eigenvalue weighted by Crippen LogP contribution is -2.39. The van der Waals surface area contributed by atoms with Gasteiger partial charge in [-0.05, 0) is 49.2 Å². The van der Waals surface area contributed by atoms with Gasteiger partial charge in [-0.3, -0.25) is 0 Å². The number of benzene rings is 2. The van der Waals surface area contributed by atoms with Crippen LogP contribution >= 0.6 is 34.5 Å². The van der Waals surface area contributed by atoms with Crippen molar-refractivity contribution in [2.75, 3.05) is 18.0 Å². The van der Waals surface area contributed by atoms with Gasteiger partial charge < -0.3 is 4.90 Å². The highest BCUT2D eigenvalue weighted by atomic mass is 35.5. The molecule has 1 saturated heterocycles. The molecule has 0 spiro atoms. The zero-order valence-electron chi connectivity index (χ0n) is 15.2. The Hall–Kier alpha value is -1.67. The van der Waals surface area contributed by atoms with E-state index in [0.717, 1.165) is 22.5 Å². The molecule has 4 rings (SSSR count). The molecule has 152 valence electrons. The number of hydrogen-bond donors (Lipinski definition) is 0. The van der Waals surface area contributed by atoms with Gasteiger partial charge in [0.1, 0.15) is 5.82 Å². The minimum atomic E-state index is -3.55. The Morgan fingerprint density at radius 1 is 1.10 bits per heavy atom. The van der Waals surface area contributed by atoms with Crippen molar-refractivity contribution in [3.63, 3.8) is 0 Å². The summed E-state index contributed by atoms with van der Waals surface area (Å²) in [5, 5.41) is 3.34. The molecule has 0 aliphatic carbocycles.